The molecule has 1 N–H and O–H groups in total. The van der Waals surface area contributed by atoms with Gasteiger partial charge in [0.15, 0.2) is 10.3 Å². The number of nitrogens with zero attached hydrogens (tertiary/aromatic N) is 2. The molecular formula is C30H20ClN3O2S. The average Bonchev–Trinajstić information content (AvgIpc) is 2.95. The smallest absolute Gasteiger partial charge is 0.198 e. The number of benzene rings is 3. The first-order valence-electron chi connectivity index (χ1n) is 11.7. The molecule has 3 heterocycles. The second-order valence-electron chi connectivity index (χ2n) is 8.63. The highest BCUT2D eigenvalue weighted by Crippen LogP contribution is 2.36. The monoisotopic (exact) mass is 521 g/mol. The van der Waals surface area contributed by atoms with Crippen LogP contribution in [0.3, 0.4) is 0 Å². The minimum absolute atomic E-state index is 0.110. The normalized spacial score (nSPS) is 12.2. The van der Waals surface area contributed by atoms with Crippen LogP contribution >= 0.6 is 11.6 Å². The van der Waals surface area contributed by atoms with E-state index in [1.54, 1.807) is 24.5 Å². The number of hydrogen-bond acceptors (Lipinski definition) is 4. The highest BCUT2D eigenvalue weighted by atomic mass is 35.5. The summed E-state index contributed by atoms with van der Waals surface area (Å²) in [6.45, 7) is 0. The molecule has 180 valence electrons. The Bertz CT molecular complexity index is 1810. The molecule has 3 aromatic heterocycles. The van der Waals surface area contributed by atoms with E-state index in [4.69, 9.17) is 16.6 Å². The first-order valence-corrected chi connectivity index (χ1v) is 13.4. The van der Waals surface area contributed by atoms with Gasteiger partial charge >= 0.3 is 0 Å². The van der Waals surface area contributed by atoms with E-state index < -0.39 is 11.2 Å². The number of nitrogens with one attached hydrogen (secondary N) is 1. The van der Waals surface area contributed by atoms with E-state index in [0.717, 1.165) is 27.8 Å². The van der Waals surface area contributed by atoms with Gasteiger partial charge in [-0.05, 0) is 53.1 Å². The number of pyridine rings is 3. The molecule has 0 radical (unpaired) electrons. The average molecular weight is 522 g/mol. The van der Waals surface area contributed by atoms with E-state index in [9.17, 15) is 9.35 Å². The molecule has 0 aliphatic rings. The van der Waals surface area contributed by atoms with Gasteiger partial charge in [-0.3, -0.25) is 9.78 Å². The zero-order chi connectivity index (χ0) is 25.4. The van der Waals surface area contributed by atoms with Crippen LogP contribution in [0.25, 0.3) is 44.3 Å². The van der Waals surface area contributed by atoms with Crippen molar-refractivity contribution in [2.45, 2.75) is 10.6 Å². The van der Waals surface area contributed by atoms with Gasteiger partial charge in [-0.1, -0.05) is 66.2 Å². The molecule has 6 rings (SSSR count). The van der Waals surface area contributed by atoms with Crippen molar-refractivity contribution in [1.29, 1.82) is 0 Å². The van der Waals surface area contributed by atoms with Crippen molar-refractivity contribution >= 4 is 44.7 Å². The number of aromatic nitrogens is 3. The first kappa shape index (κ1) is 23.4. The summed E-state index contributed by atoms with van der Waals surface area (Å²) in [4.78, 5) is 26.7. The van der Waals surface area contributed by atoms with Gasteiger partial charge in [-0.2, -0.15) is 0 Å². The molecule has 0 saturated carbocycles. The summed E-state index contributed by atoms with van der Waals surface area (Å²) >= 11 is 5.27. The van der Waals surface area contributed by atoms with Gasteiger partial charge < -0.3 is 9.54 Å². The SMILES string of the molecule is O=c1c(C[S+]([O-])c2ccccc2)c[nH]c2nc(-c3ccccc3)c(-c3cc(Cl)c4ncccc4c3)cc12. The second kappa shape index (κ2) is 9.82. The molecule has 1 unspecified atom stereocenters. The molecule has 5 nitrogen and oxygen atoms in total. The maximum Gasteiger partial charge on any atom is 0.198 e. The lowest BCUT2D eigenvalue weighted by Gasteiger charge is -2.14. The Labute approximate surface area is 221 Å². The summed E-state index contributed by atoms with van der Waals surface area (Å²) in [6, 6.07) is 28.5. The van der Waals surface area contributed by atoms with E-state index in [1.807, 2.05) is 78.9 Å². The van der Waals surface area contributed by atoms with Crippen LogP contribution in [0.1, 0.15) is 5.56 Å². The summed E-state index contributed by atoms with van der Waals surface area (Å²) in [7, 11) is 0. The van der Waals surface area contributed by atoms with Gasteiger partial charge in [-0.15, -0.1) is 0 Å². The molecule has 37 heavy (non-hydrogen) atoms. The summed E-state index contributed by atoms with van der Waals surface area (Å²) in [5.74, 6) is 0.110. The topological polar surface area (TPSA) is 81.7 Å². The molecule has 7 heteroatoms. The Morgan fingerprint density at radius 3 is 2.43 bits per heavy atom. The van der Waals surface area contributed by atoms with E-state index >= 15 is 0 Å². The molecule has 0 aliphatic carbocycles. The van der Waals surface area contributed by atoms with Crippen LogP contribution in [0.5, 0.6) is 0 Å². The van der Waals surface area contributed by atoms with Gasteiger partial charge in [0.2, 0.25) is 0 Å². The van der Waals surface area contributed by atoms with Crippen molar-refractivity contribution in [1.82, 2.24) is 15.0 Å². The largest absolute Gasteiger partial charge is 0.611 e. The second-order valence-corrected chi connectivity index (χ2v) is 10.5. The van der Waals surface area contributed by atoms with Crippen molar-refractivity contribution in [2.24, 2.45) is 0 Å². The van der Waals surface area contributed by atoms with E-state index in [-0.39, 0.29) is 11.2 Å². The van der Waals surface area contributed by atoms with Gasteiger partial charge in [0.05, 0.1) is 27.2 Å². The minimum atomic E-state index is -1.35. The molecule has 0 bridgehead atoms. The first-order chi connectivity index (χ1) is 18.1. The number of H-pyrrole nitrogens is 1. The molecule has 0 aliphatic heterocycles. The van der Waals surface area contributed by atoms with Crippen molar-refractivity contribution in [3.63, 3.8) is 0 Å². The van der Waals surface area contributed by atoms with Crippen molar-refractivity contribution in [3.8, 4) is 22.4 Å². The Morgan fingerprint density at radius 2 is 1.65 bits per heavy atom. The summed E-state index contributed by atoms with van der Waals surface area (Å²) in [6.07, 6.45) is 3.33. The van der Waals surface area contributed by atoms with Crippen LogP contribution in [0.4, 0.5) is 0 Å². The third kappa shape index (κ3) is 4.51. The van der Waals surface area contributed by atoms with E-state index in [0.29, 0.717) is 32.0 Å². The molecule has 3 aromatic carbocycles. The van der Waals surface area contributed by atoms with Crippen LogP contribution in [-0.4, -0.2) is 19.5 Å². The Balaban J connectivity index is 1.54. The number of aromatic amines is 1. The number of rotatable bonds is 5. The Kier molecular flexibility index (Phi) is 6.22. The molecular weight excluding hydrogens is 502 g/mol. The summed E-state index contributed by atoms with van der Waals surface area (Å²) < 4.78 is 12.9. The van der Waals surface area contributed by atoms with Crippen LogP contribution in [0.15, 0.2) is 113 Å². The number of fused-ring (bicyclic) bond motifs is 2. The lowest BCUT2D eigenvalue weighted by Crippen LogP contribution is -2.16. The summed E-state index contributed by atoms with van der Waals surface area (Å²) in [5.41, 5.74) is 4.67. The number of halogens is 1. The molecule has 0 fully saturated rings. The van der Waals surface area contributed by atoms with Crippen molar-refractivity contribution < 1.29 is 4.55 Å². The zero-order valence-electron chi connectivity index (χ0n) is 19.5. The molecule has 1 atom stereocenters. The molecule has 0 amide bonds. The Hall–Kier alpha value is -3.97. The van der Waals surface area contributed by atoms with Crippen molar-refractivity contribution in [3.05, 3.63) is 124 Å². The van der Waals surface area contributed by atoms with Crippen LogP contribution in [-0.2, 0) is 16.9 Å². The highest BCUT2D eigenvalue weighted by Gasteiger charge is 2.19. The predicted octanol–water partition coefficient (Wildman–Crippen LogP) is 6.77. The van der Waals surface area contributed by atoms with Crippen molar-refractivity contribution in [2.75, 3.05) is 0 Å². The minimum Gasteiger partial charge on any atom is -0.611 e. The fourth-order valence-corrected chi connectivity index (χ4v) is 5.83. The predicted molar refractivity (Wildman–Crippen MR) is 150 cm³/mol. The Morgan fingerprint density at radius 1 is 0.892 bits per heavy atom. The maximum absolute atomic E-state index is 13.6. The van der Waals surface area contributed by atoms with E-state index in [2.05, 4.69) is 9.97 Å². The quantitative estimate of drug-likeness (QED) is 0.254. The molecule has 6 aromatic rings. The van der Waals surface area contributed by atoms with Gasteiger partial charge in [0.25, 0.3) is 0 Å². The zero-order valence-corrected chi connectivity index (χ0v) is 21.1. The molecule has 0 spiro atoms. The van der Waals surface area contributed by atoms with Gasteiger partial charge in [-0.25, -0.2) is 4.98 Å². The maximum atomic E-state index is 13.6. The summed E-state index contributed by atoms with van der Waals surface area (Å²) in [5, 5.41) is 1.85. The van der Waals surface area contributed by atoms with Gasteiger partial charge in [0, 0.05) is 28.9 Å². The lowest BCUT2D eigenvalue weighted by atomic mass is 9.96. The lowest BCUT2D eigenvalue weighted by molar-refractivity contribution is 0.594. The van der Waals surface area contributed by atoms with E-state index in [1.165, 1.54) is 0 Å². The highest BCUT2D eigenvalue weighted by molar-refractivity contribution is 7.90. The van der Waals surface area contributed by atoms with Crippen LogP contribution in [0.2, 0.25) is 5.02 Å². The fraction of sp³-hybridized carbons (Fsp3) is 0.0333. The van der Waals surface area contributed by atoms with Crippen LogP contribution in [0, 0.1) is 0 Å². The number of hydrogen-bond donors (Lipinski definition) is 1. The third-order valence-electron chi connectivity index (χ3n) is 6.25. The van der Waals surface area contributed by atoms with Gasteiger partial charge in [0.1, 0.15) is 11.4 Å². The fourth-order valence-electron chi connectivity index (χ4n) is 4.43. The third-order valence-corrected chi connectivity index (χ3v) is 7.91. The standard InChI is InChI=1S/C30H20ClN3O2S/c31-26-15-21(14-20-10-7-13-32-28(20)26)24-16-25-29(35)22(18-37(36)23-11-5-2-6-12-23)17-33-30(25)34-27(24)19-8-3-1-4-9-19/h1-17H,18H2,(H,33,34,35). The molecule has 0 saturated heterocycles. The van der Waals surface area contributed by atoms with Crippen LogP contribution < -0.4 is 5.43 Å².